The molecule has 0 radical (unpaired) electrons. The highest BCUT2D eigenvalue weighted by Gasteiger charge is 2.21. The topological polar surface area (TPSA) is 70.4 Å². The molecule has 0 aliphatic carbocycles. The summed E-state index contributed by atoms with van der Waals surface area (Å²) in [5.41, 5.74) is 0.651. The third-order valence-electron chi connectivity index (χ3n) is 2.60. The number of hydrogen-bond acceptors (Lipinski definition) is 4. The first-order chi connectivity index (χ1) is 9.03. The number of sulfonamides is 1. The van der Waals surface area contributed by atoms with E-state index in [1.807, 2.05) is 13.0 Å². The average Bonchev–Trinajstić information content (AvgIpc) is 2.38. The first-order valence-electron chi connectivity index (χ1n) is 6.01. The third-order valence-corrected chi connectivity index (χ3v) is 4.39. The van der Waals surface area contributed by atoms with Crippen molar-refractivity contribution in [2.75, 3.05) is 20.2 Å². The van der Waals surface area contributed by atoms with Gasteiger partial charge in [-0.1, -0.05) is 19.1 Å². The maximum Gasteiger partial charge on any atom is 0.219 e. The number of nitrogens with zero attached hydrogens (tertiary/aromatic N) is 2. The Morgan fingerprint density at radius 2 is 2.16 bits per heavy atom. The highest BCUT2D eigenvalue weighted by atomic mass is 32.2. The van der Waals surface area contributed by atoms with Crippen molar-refractivity contribution in [1.29, 1.82) is 5.26 Å². The van der Waals surface area contributed by atoms with Crippen LogP contribution in [-0.2, 0) is 15.8 Å². The van der Waals surface area contributed by atoms with E-state index in [0.717, 1.165) is 0 Å². The minimum atomic E-state index is -3.47. The molecule has 19 heavy (non-hydrogen) atoms. The van der Waals surface area contributed by atoms with E-state index in [4.69, 9.17) is 10.00 Å². The molecule has 1 rings (SSSR count). The van der Waals surface area contributed by atoms with Crippen LogP contribution in [0.15, 0.2) is 24.3 Å². The van der Waals surface area contributed by atoms with Gasteiger partial charge in [0.15, 0.2) is 0 Å². The Morgan fingerprint density at radius 3 is 2.74 bits per heavy atom. The largest absolute Gasteiger partial charge is 0.497 e. The number of rotatable bonds is 7. The zero-order valence-electron chi connectivity index (χ0n) is 11.2. The molecule has 0 heterocycles. The van der Waals surface area contributed by atoms with Gasteiger partial charge < -0.3 is 4.74 Å². The normalized spacial score (nSPS) is 11.3. The summed E-state index contributed by atoms with van der Waals surface area (Å²) in [4.78, 5) is 0. The maximum absolute atomic E-state index is 12.2. The fraction of sp³-hybridized carbons (Fsp3) is 0.462. The zero-order chi connectivity index (χ0) is 14.3. The lowest BCUT2D eigenvalue weighted by Gasteiger charge is -2.18. The molecule has 0 N–H and O–H groups in total. The lowest BCUT2D eigenvalue weighted by atomic mass is 10.2. The summed E-state index contributed by atoms with van der Waals surface area (Å²) >= 11 is 0. The average molecular weight is 282 g/mol. The molecule has 0 atom stereocenters. The van der Waals surface area contributed by atoms with Crippen LogP contribution in [-0.4, -0.2) is 32.9 Å². The van der Waals surface area contributed by atoms with E-state index in [1.165, 1.54) is 11.4 Å². The Hall–Kier alpha value is -1.58. The van der Waals surface area contributed by atoms with Crippen LogP contribution in [0.1, 0.15) is 18.9 Å². The lowest BCUT2D eigenvalue weighted by molar-refractivity contribution is 0.414. The summed E-state index contributed by atoms with van der Waals surface area (Å²) in [6.45, 7) is 2.13. The van der Waals surface area contributed by atoms with Gasteiger partial charge in [-0.2, -0.15) is 9.57 Å². The van der Waals surface area contributed by atoms with E-state index >= 15 is 0 Å². The van der Waals surface area contributed by atoms with E-state index in [1.54, 1.807) is 24.3 Å². The Balaban J connectivity index is 2.90. The molecule has 0 aliphatic heterocycles. The molecule has 0 amide bonds. The molecule has 0 bridgehead atoms. The Kier molecular flexibility index (Phi) is 5.80. The van der Waals surface area contributed by atoms with Gasteiger partial charge in [-0.05, 0) is 24.1 Å². The summed E-state index contributed by atoms with van der Waals surface area (Å²) in [5, 5.41) is 8.70. The van der Waals surface area contributed by atoms with E-state index in [0.29, 0.717) is 24.3 Å². The van der Waals surface area contributed by atoms with Gasteiger partial charge >= 0.3 is 0 Å². The fourth-order valence-corrected chi connectivity index (χ4v) is 3.21. The predicted octanol–water partition coefficient (Wildman–Crippen LogP) is 1.76. The first kappa shape index (κ1) is 15.5. The Morgan fingerprint density at radius 1 is 1.42 bits per heavy atom. The molecular formula is C13H18N2O3S. The molecule has 6 heteroatoms. The minimum Gasteiger partial charge on any atom is -0.497 e. The quantitative estimate of drug-likeness (QED) is 0.714. The Bertz CT molecular complexity index is 549. The summed E-state index contributed by atoms with van der Waals surface area (Å²) in [5.74, 6) is 0.501. The van der Waals surface area contributed by atoms with Gasteiger partial charge in [0.2, 0.25) is 10.0 Å². The van der Waals surface area contributed by atoms with Crippen LogP contribution in [0, 0.1) is 11.3 Å². The van der Waals surface area contributed by atoms with Crippen LogP contribution in [0.2, 0.25) is 0 Å². The highest BCUT2D eigenvalue weighted by Crippen LogP contribution is 2.16. The minimum absolute atomic E-state index is 0.111. The van der Waals surface area contributed by atoms with Crippen molar-refractivity contribution >= 4 is 10.0 Å². The molecule has 0 saturated heterocycles. The van der Waals surface area contributed by atoms with Crippen molar-refractivity contribution in [3.8, 4) is 11.8 Å². The van der Waals surface area contributed by atoms with E-state index < -0.39 is 10.0 Å². The SMILES string of the molecule is CCCN(CC#N)S(=O)(=O)Cc1cccc(OC)c1. The van der Waals surface area contributed by atoms with E-state index in [-0.39, 0.29) is 12.3 Å². The third kappa shape index (κ3) is 4.54. The van der Waals surface area contributed by atoms with Gasteiger partial charge in [0.05, 0.1) is 18.9 Å². The predicted molar refractivity (Wildman–Crippen MR) is 73.1 cm³/mol. The number of ether oxygens (including phenoxy) is 1. The second kappa shape index (κ2) is 7.12. The van der Waals surface area contributed by atoms with E-state index in [9.17, 15) is 8.42 Å². The van der Waals surface area contributed by atoms with Crippen molar-refractivity contribution in [3.63, 3.8) is 0 Å². The molecule has 0 saturated carbocycles. The fourth-order valence-electron chi connectivity index (χ4n) is 1.71. The van der Waals surface area contributed by atoms with Gasteiger partial charge in [-0.3, -0.25) is 0 Å². The monoisotopic (exact) mass is 282 g/mol. The highest BCUT2D eigenvalue weighted by molar-refractivity contribution is 7.88. The van der Waals surface area contributed by atoms with Gasteiger partial charge in [0.25, 0.3) is 0 Å². The van der Waals surface area contributed by atoms with Crippen LogP contribution in [0.25, 0.3) is 0 Å². The second-order valence-electron chi connectivity index (χ2n) is 4.10. The van der Waals surface area contributed by atoms with Gasteiger partial charge in [0, 0.05) is 6.54 Å². The molecular weight excluding hydrogens is 264 g/mol. The molecule has 0 aromatic heterocycles. The number of benzene rings is 1. The van der Waals surface area contributed by atoms with Crippen LogP contribution in [0.5, 0.6) is 5.75 Å². The lowest BCUT2D eigenvalue weighted by Crippen LogP contribution is -2.33. The maximum atomic E-state index is 12.2. The van der Waals surface area contributed by atoms with Crippen LogP contribution in [0.4, 0.5) is 0 Å². The van der Waals surface area contributed by atoms with Crippen LogP contribution < -0.4 is 4.74 Å². The number of hydrogen-bond donors (Lipinski definition) is 0. The summed E-state index contributed by atoms with van der Waals surface area (Å²) in [7, 11) is -1.94. The first-order valence-corrected chi connectivity index (χ1v) is 7.62. The van der Waals surface area contributed by atoms with Gasteiger partial charge in [-0.15, -0.1) is 0 Å². The van der Waals surface area contributed by atoms with Crippen molar-refractivity contribution in [1.82, 2.24) is 4.31 Å². The number of nitriles is 1. The van der Waals surface area contributed by atoms with Crippen molar-refractivity contribution in [2.24, 2.45) is 0 Å². The molecule has 0 spiro atoms. The smallest absolute Gasteiger partial charge is 0.219 e. The van der Waals surface area contributed by atoms with Crippen LogP contribution in [0.3, 0.4) is 0 Å². The second-order valence-corrected chi connectivity index (χ2v) is 6.07. The summed E-state index contributed by atoms with van der Waals surface area (Å²) in [6, 6.07) is 8.82. The summed E-state index contributed by atoms with van der Waals surface area (Å²) < 4.78 is 30.7. The van der Waals surface area contributed by atoms with Crippen molar-refractivity contribution < 1.29 is 13.2 Å². The Labute approximate surface area is 114 Å². The summed E-state index contributed by atoms with van der Waals surface area (Å²) in [6.07, 6.45) is 0.680. The zero-order valence-corrected chi connectivity index (χ0v) is 12.0. The van der Waals surface area contributed by atoms with Gasteiger partial charge in [-0.25, -0.2) is 8.42 Å². The molecule has 0 aliphatic rings. The van der Waals surface area contributed by atoms with Gasteiger partial charge in [0.1, 0.15) is 12.3 Å². The standard InChI is InChI=1S/C13H18N2O3S/c1-3-8-15(9-7-14)19(16,17)11-12-5-4-6-13(10-12)18-2/h4-6,10H,3,8-9,11H2,1-2H3. The molecule has 5 nitrogen and oxygen atoms in total. The van der Waals surface area contributed by atoms with Crippen molar-refractivity contribution in [2.45, 2.75) is 19.1 Å². The molecule has 0 unspecified atom stereocenters. The molecule has 1 aromatic carbocycles. The van der Waals surface area contributed by atoms with Crippen molar-refractivity contribution in [3.05, 3.63) is 29.8 Å². The number of methoxy groups -OCH3 is 1. The van der Waals surface area contributed by atoms with Crippen LogP contribution >= 0.6 is 0 Å². The molecule has 104 valence electrons. The molecule has 1 aromatic rings. The molecule has 0 fully saturated rings. The van der Waals surface area contributed by atoms with E-state index in [2.05, 4.69) is 0 Å².